The number of aryl methyl sites for hydroxylation is 3. The molecule has 3 rings (SSSR count). The van der Waals surface area contributed by atoms with E-state index in [4.69, 9.17) is 4.74 Å². The van der Waals surface area contributed by atoms with Crippen LogP contribution in [0.25, 0.3) is 5.69 Å². The summed E-state index contributed by atoms with van der Waals surface area (Å²) in [6.07, 6.45) is 0. The molecular formula is C19H20N4O2S. The minimum atomic E-state index is -0.367. The fraction of sp³-hybridized carbons (Fsp3) is 0.263. The summed E-state index contributed by atoms with van der Waals surface area (Å²) in [4.78, 5) is 11.6. The van der Waals surface area contributed by atoms with E-state index in [1.54, 1.807) is 40.7 Å². The number of carbonyl (C=O) groups is 1. The molecule has 0 radical (unpaired) electrons. The number of methoxy groups -OCH3 is 1. The molecule has 26 heavy (non-hydrogen) atoms. The Morgan fingerprint density at radius 3 is 2.38 bits per heavy atom. The zero-order valence-electron chi connectivity index (χ0n) is 15.2. The van der Waals surface area contributed by atoms with Crippen molar-refractivity contribution in [2.45, 2.75) is 31.7 Å². The highest BCUT2D eigenvalue weighted by molar-refractivity contribution is 7.98. The van der Waals surface area contributed by atoms with Crippen LogP contribution in [-0.4, -0.2) is 33.3 Å². The average molecular weight is 368 g/mol. The van der Waals surface area contributed by atoms with Crippen molar-refractivity contribution in [3.63, 3.8) is 0 Å². The molecule has 3 aromatic rings. The molecule has 134 valence electrons. The zero-order valence-corrected chi connectivity index (χ0v) is 16.0. The van der Waals surface area contributed by atoms with Crippen molar-refractivity contribution in [2.75, 3.05) is 7.11 Å². The lowest BCUT2D eigenvalue weighted by molar-refractivity contribution is 0.0600. The molecule has 1 aromatic heterocycles. The van der Waals surface area contributed by atoms with E-state index in [-0.39, 0.29) is 5.97 Å². The second-order valence-corrected chi connectivity index (χ2v) is 7.02. The quantitative estimate of drug-likeness (QED) is 0.505. The van der Waals surface area contributed by atoms with E-state index in [0.29, 0.717) is 10.7 Å². The van der Waals surface area contributed by atoms with Gasteiger partial charge in [-0.05, 0) is 72.2 Å². The van der Waals surface area contributed by atoms with Crippen molar-refractivity contribution < 1.29 is 9.53 Å². The maximum absolute atomic E-state index is 11.6. The lowest BCUT2D eigenvalue weighted by Gasteiger charge is -2.11. The van der Waals surface area contributed by atoms with Gasteiger partial charge >= 0.3 is 5.97 Å². The van der Waals surface area contributed by atoms with Crippen LogP contribution >= 0.6 is 11.8 Å². The molecule has 0 aliphatic rings. The number of benzene rings is 2. The molecule has 0 aliphatic heterocycles. The van der Waals surface area contributed by atoms with Gasteiger partial charge in [0, 0.05) is 5.75 Å². The van der Waals surface area contributed by atoms with Crippen molar-refractivity contribution in [2.24, 2.45) is 0 Å². The van der Waals surface area contributed by atoms with Crippen LogP contribution in [0.2, 0.25) is 0 Å². The molecule has 1 heterocycles. The lowest BCUT2D eigenvalue weighted by atomic mass is 10.0. The normalized spacial score (nSPS) is 10.8. The first-order valence-corrected chi connectivity index (χ1v) is 9.15. The third-order valence-corrected chi connectivity index (χ3v) is 5.11. The van der Waals surface area contributed by atoms with Crippen molar-refractivity contribution in [1.29, 1.82) is 0 Å². The summed E-state index contributed by atoms with van der Waals surface area (Å²) >= 11 is 1.59. The Morgan fingerprint density at radius 2 is 1.77 bits per heavy atom. The first kappa shape index (κ1) is 18.1. The third-order valence-electron chi connectivity index (χ3n) is 4.16. The molecule has 2 aromatic carbocycles. The van der Waals surface area contributed by atoms with Gasteiger partial charge in [-0.15, -0.1) is 5.10 Å². The Labute approximate surface area is 156 Å². The number of nitrogens with zero attached hydrogens (tertiary/aromatic N) is 4. The van der Waals surface area contributed by atoms with Crippen LogP contribution in [0.15, 0.2) is 41.6 Å². The van der Waals surface area contributed by atoms with E-state index in [9.17, 15) is 4.79 Å². The maximum Gasteiger partial charge on any atom is 0.337 e. The summed E-state index contributed by atoms with van der Waals surface area (Å²) in [6, 6.07) is 11.4. The minimum absolute atomic E-state index is 0.367. The van der Waals surface area contributed by atoms with E-state index in [1.807, 2.05) is 0 Å². The number of rotatable bonds is 5. The highest BCUT2D eigenvalue weighted by Gasteiger charge is 2.12. The number of tetrazole rings is 1. The van der Waals surface area contributed by atoms with Crippen LogP contribution < -0.4 is 0 Å². The monoisotopic (exact) mass is 368 g/mol. The number of hydrogen-bond donors (Lipinski definition) is 0. The Balaban J connectivity index is 1.80. The van der Waals surface area contributed by atoms with Crippen LogP contribution in [0, 0.1) is 20.8 Å². The molecule has 0 saturated heterocycles. The molecule has 6 nitrogen and oxygen atoms in total. The largest absolute Gasteiger partial charge is 0.465 e. The number of esters is 1. The van der Waals surface area contributed by atoms with Gasteiger partial charge in [-0.25, -0.2) is 4.79 Å². The topological polar surface area (TPSA) is 69.9 Å². The van der Waals surface area contributed by atoms with Gasteiger partial charge < -0.3 is 4.74 Å². The van der Waals surface area contributed by atoms with Gasteiger partial charge in [0.15, 0.2) is 0 Å². The standard InChI is InChI=1S/C19H20N4O2S/c1-12-9-13(2)17(14(3)10-12)11-26-19-20-21-22-23(19)16-7-5-15(6-8-16)18(24)25-4/h5-10H,11H2,1-4H3. The van der Waals surface area contributed by atoms with E-state index < -0.39 is 0 Å². The predicted octanol–water partition coefficient (Wildman–Crippen LogP) is 3.67. The summed E-state index contributed by atoms with van der Waals surface area (Å²) < 4.78 is 6.39. The van der Waals surface area contributed by atoms with Gasteiger partial charge in [-0.1, -0.05) is 29.5 Å². The number of ether oxygens (including phenoxy) is 1. The third kappa shape index (κ3) is 3.77. The van der Waals surface area contributed by atoms with Crippen molar-refractivity contribution >= 4 is 17.7 Å². The highest BCUT2D eigenvalue weighted by atomic mass is 32.2. The number of hydrogen-bond acceptors (Lipinski definition) is 6. The predicted molar refractivity (Wildman–Crippen MR) is 101 cm³/mol. The van der Waals surface area contributed by atoms with Crippen molar-refractivity contribution in [3.05, 3.63) is 64.2 Å². The molecule has 0 N–H and O–H groups in total. The lowest BCUT2D eigenvalue weighted by Crippen LogP contribution is -2.03. The van der Waals surface area contributed by atoms with Crippen LogP contribution in [0.5, 0.6) is 0 Å². The molecule has 0 saturated carbocycles. The molecular weight excluding hydrogens is 348 g/mol. The fourth-order valence-corrected chi connectivity index (χ4v) is 3.95. The van der Waals surface area contributed by atoms with Gasteiger partial charge in [0.1, 0.15) is 0 Å². The zero-order chi connectivity index (χ0) is 18.7. The van der Waals surface area contributed by atoms with Crippen LogP contribution in [0.4, 0.5) is 0 Å². The number of thioether (sulfide) groups is 1. The first-order chi connectivity index (χ1) is 12.5. The smallest absolute Gasteiger partial charge is 0.337 e. The summed E-state index contributed by atoms with van der Waals surface area (Å²) in [5.74, 6) is 0.423. The Bertz CT molecular complexity index is 912. The Kier molecular flexibility index (Phi) is 5.37. The van der Waals surface area contributed by atoms with Crippen molar-refractivity contribution in [3.8, 4) is 5.69 Å². The highest BCUT2D eigenvalue weighted by Crippen LogP contribution is 2.27. The molecule has 0 atom stereocenters. The van der Waals surface area contributed by atoms with Crippen LogP contribution in [0.3, 0.4) is 0 Å². The molecule has 0 unspecified atom stereocenters. The van der Waals surface area contributed by atoms with Gasteiger partial charge in [-0.2, -0.15) is 4.68 Å². The fourth-order valence-electron chi connectivity index (χ4n) is 2.86. The van der Waals surface area contributed by atoms with Gasteiger partial charge in [0.05, 0.1) is 18.4 Å². The second kappa shape index (κ2) is 7.70. The number of aromatic nitrogens is 4. The van der Waals surface area contributed by atoms with E-state index in [0.717, 1.165) is 11.4 Å². The molecule has 0 spiro atoms. The summed E-state index contributed by atoms with van der Waals surface area (Å²) in [5.41, 5.74) is 6.40. The molecule has 0 amide bonds. The van der Waals surface area contributed by atoms with Gasteiger partial charge in [-0.3, -0.25) is 0 Å². The molecule has 0 bridgehead atoms. The van der Waals surface area contributed by atoms with E-state index >= 15 is 0 Å². The van der Waals surface area contributed by atoms with Crippen LogP contribution in [0.1, 0.15) is 32.6 Å². The van der Waals surface area contributed by atoms with Crippen LogP contribution in [-0.2, 0) is 10.5 Å². The molecule has 0 fully saturated rings. The first-order valence-electron chi connectivity index (χ1n) is 8.16. The van der Waals surface area contributed by atoms with Gasteiger partial charge in [0.2, 0.25) is 5.16 Å². The molecule has 0 aliphatic carbocycles. The summed E-state index contributed by atoms with van der Waals surface area (Å²) in [7, 11) is 1.36. The summed E-state index contributed by atoms with van der Waals surface area (Å²) in [6.45, 7) is 6.37. The number of carbonyl (C=O) groups excluding carboxylic acids is 1. The average Bonchev–Trinajstić information content (AvgIpc) is 3.09. The van der Waals surface area contributed by atoms with E-state index in [1.165, 1.54) is 29.4 Å². The minimum Gasteiger partial charge on any atom is -0.465 e. The summed E-state index contributed by atoms with van der Waals surface area (Å²) in [5, 5.41) is 12.7. The maximum atomic E-state index is 11.6. The van der Waals surface area contributed by atoms with E-state index in [2.05, 4.69) is 48.4 Å². The Hall–Kier alpha value is -2.67. The second-order valence-electron chi connectivity index (χ2n) is 6.08. The molecule has 7 heteroatoms. The SMILES string of the molecule is COC(=O)c1ccc(-n2nnnc2SCc2c(C)cc(C)cc2C)cc1. The van der Waals surface area contributed by atoms with Gasteiger partial charge in [0.25, 0.3) is 0 Å². The Morgan fingerprint density at radius 1 is 1.12 bits per heavy atom. The van der Waals surface area contributed by atoms with Crippen molar-refractivity contribution in [1.82, 2.24) is 20.2 Å².